The number of rotatable bonds is 6. The molecule has 0 radical (unpaired) electrons. The second-order valence-electron chi connectivity index (χ2n) is 6.59. The van der Waals surface area contributed by atoms with Gasteiger partial charge in [0.1, 0.15) is 0 Å². The molecule has 1 fully saturated rings. The molecule has 0 aromatic heterocycles. The van der Waals surface area contributed by atoms with Crippen molar-refractivity contribution in [3.8, 4) is 11.1 Å². The molecule has 3 rings (SSSR count). The molecule has 2 N–H and O–H groups in total. The number of amides is 1. The normalized spacial score (nSPS) is 20.2. The van der Waals surface area contributed by atoms with Crippen LogP contribution in [0.3, 0.4) is 0 Å². The van der Waals surface area contributed by atoms with E-state index in [9.17, 15) is 4.79 Å². The molecule has 1 aliphatic carbocycles. The molecule has 132 valence electrons. The molecule has 0 unspecified atom stereocenters. The first-order chi connectivity index (χ1) is 12.3. The van der Waals surface area contributed by atoms with Crippen LogP contribution in [0.4, 0.5) is 0 Å². The standard InChI is InChI=1S/C21H25NO2S/c23-21(22-24)19-8-4-5-9-20(19)25-15-14-16-10-12-18(13-11-16)17-6-2-1-3-7-17/h1-3,6-7,10-13,19-20,24H,4-5,8-9,14-15H2,(H,22,23)/t19-,20+/m1/s1. The zero-order valence-corrected chi connectivity index (χ0v) is 15.2. The summed E-state index contributed by atoms with van der Waals surface area (Å²) in [6.45, 7) is 0. The Balaban J connectivity index is 1.52. The average molecular weight is 356 g/mol. The van der Waals surface area contributed by atoms with Crippen molar-refractivity contribution >= 4 is 17.7 Å². The van der Waals surface area contributed by atoms with Gasteiger partial charge in [-0.3, -0.25) is 10.0 Å². The minimum absolute atomic E-state index is 0.0517. The van der Waals surface area contributed by atoms with E-state index in [1.54, 1.807) is 0 Å². The third-order valence-corrected chi connectivity index (χ3v) is 6.37. The van der Waals surface area contributed by atoms with Crippen LogP contribution in [0.15, 0.2) is 54.6 Å². The van der Waals surface area contributed by atoms with Crippen LogP contribution in [-0.4, -0.2) is 22.1 Å². The van der Waals surface area contributed by atoms with Gasteiger partial charge in [0.05, 0.1) is 5.92 Å². The Bertz CT molecular complexity index is 672. The van der Waals surface area contributed by atoms with Gasteiger partial charge in [-0.05, 0) is 41.7 Å². The fraction of sp³-hybridized carbons (Fsp3) is 0.381. The van der Waals surface area contributed by atoms with E-state index in [2.05, 4.69) is 48.5 Å². The molecule has 4 heteroatoms. The van der Waals surface area contributed by atoms with Crippen molar-refractivity contribution < 1.29 is 10.0 Å². The van der Waals surface area contributed by atoms with Crippen molar-refractivity contribution in [3.63, 3.8) is 0 Å². The summed E-state index contributed by atoms with van der Waals surface area (Å²) in [6, 6.07) is 19.1. The second-order valence-corrected chi connectivity index (χ2v) is 7.94. The highest BCUT2D eigenvalue weighted by Crippen LogP contribution is 2.34. The molecule has 2 atom stereocenters. The fourth-order valence-corrected chi connectivity index (χ4v) is 4.98. The molecule has 3 nitrogen and oxygen atoms in total. The highest BCUT2D eigenvalue weighted by Gasteiger charge is 2.30. The summed E-state index contributed by atoms with van der Waals surface area (Å²) in [5.41, 5.74) is 5.65. The van der Waals surface area contributed by atoms with Gasteiger partial charge in [-0.1, -0.05) is 67.4 Å². The quantitative estimate of drug-likeness (QED) is 0.583. The van der Waals surface area contributed by atoms with Crippen molar-refractivity contribution in [2.45, 2.75) is 37.4 Å². The van der Waals surface area contributed by atoms with Gasteiger partial charge in [-0.15, -0.1) is 0 Å². The van der Waals surface area contributed by atoms with Crippen LogP contribution in [0, 0.1) is 5.92 Å². The lowest BCUT2D eigenvalue weighted by Crippen LogP contribution is -2.36. The lowest BCUT2D eigenvalue weighted by Gasteiger charge is -2.29. The van der Waals surface area contributed by atoms with Gasteiger partial charge >= 0.3 is 0 Å². The molecule has 0 bridgehead atoms. The number of benzene rings is 2. The lowest BCUT2D eigenvalue weighted by molar-refractivity contribution is -0.134. The highest BCUT2D eigenvalue weighted by atomic mass is 32.2. The monoisotopic (exact) mass is 355 g/mol. The number of carbonyl (C=O) groups is 1. The van der Waals surface area contributed by atoms with E-state index in [-0.39, 0.29) is 11.8 Å². The molecule has 2 aromatic rings. The van der Waals surface area contributed by atoms with Crippen LogP contribution in [0.2, 0.25) is 0 Å². The van der Waals surface area contributed by atoms with Gasteiger partial charge in [-0.25, -0.2) is 5.48 Å². The number of nitrogens with one attached hydrogen (secondary N) is 1. The molecular formula is C21H25NO2S. The SMILES string of the molecule is O=C(NO)[C@@H]1CCCC[C@@H]1SCCc1ccc(-c2ccccc2)cc1. The number of aryl methyl sites for hydroxylation is 1. The van der Waals surface area contributed by atoms with Gasteiger partial charge in [0.15, 0.2) is 0 Å². The molecule has 0 saturated heterocycles. The van der Waals surface area contributed by atoms with E-state index in [1.807, 2.05) is 23.3 Å². The molecule has 25 heavy (non-hydrogen) atoms. The minimum Gasteiger partial charge on any atom is -0.289 e. The van der Waals surface area contributed by atoms with Crippen molar-refractivity contribution in [1.82, 2.24) is 5.48 Å². The van der Waals surface area contributed by atoms with Crippen molar-refractivity contribution in [3.05, 3.63) is 60.2 Å². The Labute approximate surface area is 153 Å². The summed E-state index contributed by atoms with van der Waals surface area (Å²) in [5, 5.41) is 9.24. The number of thioether (sulfide) groups is 1. The maximum Gasteiger partial charge on any atom is 0.247 e. The van der Waals surface area contributed by atoms with Crippen molar-refractivity contribution in [2.24, 2.45) is 5.92 Å². The van der Waals surface area contributed by atoms with E-state index in [0.717, 1.165) is 31.4 Å². The van der Waals surface area contributed by atoms with Crippen LogP contribution < -0.4 is 5.48 Å². The third kappa shape index (κ3) is 4.86. The number of hydrogen-bond donors (Lipinski definition) is 2. The predicted octanol–water partition coefficient (Wildman–Crippen LogP) is 4.69. The van der Waals surface area contributed by atoms with E-state index >= 15 is 0 Å². The van der Waals surface area contributed by atoms with Crippen LogP contribution in [0.1, 0.15) is 31.2 Å². The molecular weight excluding hydrogens is 330 g/mol. The summed E-state index contributed by atoms with van der Waals surface area (Å²) in [4.78, 5) is 11.8. The van der Waals surface area contributed by atoms with Crippen molar-refractivity contribution in [2.75, 3.05) is 5.75 Å². The Kier molecular flexibility index (Phi) is 6.54. The average Bonchev–Trinajstić information content (AvgIpc) is 2.69. The summed E-state index contributed by atoms with van der Waals surface area (Å²) < 4.78 is 0. The largest absolute Gasteiger partial charge is 0.289 e. The Hall–Kier alpha value is -1.78. The molecule has 1 aliphatic rings. The van der Waals surface area contributed by atoms with Crippen LogP contribution in [-0.2, 0) is 11.2 Å². The maximum absolute atomic E-state index is 11.8. The Morgan fingerprint density at radius 3 is 2.40 bits per heavy atom. The molecule has 0 heterocycles. The second kappa shape index (κ2) is 9.07. The first kappa shape index (κ1) is 18.0. The predicted molar refractivity (Wildman–Crippen MR) is 104 cm³/mol. The number of hydroxylamine groups is 1. The number of hydrogen-bond acceptors (Lipinski definition) is 3. The van der Waals surface area contributed by atoms with E-state index in [0.29, 0.717) is 5.25 Å². The zero-order valence-electron chi connectivity index (χ0n) is 14.4. The molecule has 0 spiro atoms. The zero-order chi connectivity index (χ0) is 17.5. The molecule has 1 amide bonds. The van der Waals surface area contributed by atoms with E-state index in [4.69, 9.17) is 5.21 Å². The van der Waals surface area contributed by atoms with E-state index < -0.39 is 0 Å². The smallest absolute Gasteiger partial charge is 0.247 e. The lowest BCUT2D eigenvalue weighted by atomic mass is 9.88. The van der Waals surface area contributed by atoms with Crippen LogP contribution in [0.25, 0.3) is 11.1 Å². The molecule has 1 saturated carbocycles. The van der Waals surface area contributed by atoms with Gasteiger partial charge in [0.25, 0.3) is 0 Å². The fourth-order valence-electron chi connectivity index (χ4n) is 3.50. The Morgan fingerprint density at radius 1 is 1.00 bits per heavy atom. The summed E-state index contributed by atoms with van der Waals surface area (Å²) in [6.07, 6.45) is 5.21. The first-order valence-electron chi connectivity index (χ1n) is 8.98. The van der Waals surface area contributed by atoms with Crippen molar-refractivity contribution in [1.29, 1.82) is 0 Å². The van der Waals surface area contributed by atoms with Crippen LogP contribution in [0.5, 0.6) is 0 Å². The highest BCUT2D eigenvalue weighted by molar-refractivity contribution is 7.99. The summed E-state index contributed by atoms with van der Waals surface area (Å²) in [7, 11) is 0. The van der Waals surface area contributed by atoms with Gasteiger partial charge in [0, 0.05) is 5.25 Å². The van der Waals surface area contributed by atoms with Gasteiger partial charge < -0.3 is 0 Å². The third-order valence-electron chi connectivity index (χ3n) is 4.93. The van der Waals surface area contributed by atoms with Gasteiger partial charge in [-0.2, -0.15) is 11.8 Å². The summed E-state index contributed by atoms with van der Waals surface area (Å²) in [5.74, 6) is 0.735. The maximum atomic E-state index is 11.8. The van der Waals surface area contributed by atoms with Gasteiger partial charge in [0.2, 0.25) is 5.91 Å². The van der Waals surface area contributed by atoms with Crippen LogP contribution >= 0.6 is 11.8 Å². The summed E-state index contributed by atoms with van der Waals surface area (Å²) >= 11 is 1.87. The molecule has 0 aliphatic heterocycles. The minimum atomic E-state index is -0.218. The Morgan fingerprint density at radius 2 is 1.68 bits per heavy atom. The van der Waals surface area contributed by atoms with E-state index in [1.165, 1.54) is 23.1 Å². The molecule has 2 aromatic carbocycles. The topological polar surface area (TPSA) is 49.3 Å². The first-order valence-corrected chi connectivity index (χ1v) is 10.0. The number of carbonyl (C=O) groups excluding carboxylic acids is 1.